The van der Waals surface area contributed by atoms with Crippen molar-refractivity contribution in [3.63, 3.8) is 0 Å². The van der Waals surface area contributed by atoms with E-state index in [1.165, 1.54) is 22.9 Å². The number of rotatable bonds is 4. The Balaban J connectivity index is 2.10. The molecule has 15 heteroatoms. The van der Waals surface area contributed by atoms with E-state index in [4.69, 9.17) is 46.4 Å². The topological polar surface area (TPSA) is 93.9 Å². The number of sulfonamides is 1. The molecule has 0 saturated carbocycles. The van der Waals surface area contributed by atoms with Crippen molar-refractivity contribution >= 4 is 62.3 Å². The fourth-order valence-corrected chi connectivity index (χ4v) is 4.51. The molecule has 0 aliphatic carbocycles. The van der Waals surface area contributed by atoms with Crippen molar-refractivity contribution in [3.05, 3.63) is 67.9 Å². The van der Waals surface area contributed by atoms with Gasteiger partial charge >= 0.3 is 6.18 Å². The van der Waals surface area contributed by atoms with Gasteiger partial charge in [0.15, 0.2) is 11.4 Å². The number of halogens is 7. The molecule has 0 fully saturated rings. The quantitative estimate of drug-likeness (QED) is 0.475. The normalized spacial score (nSPS) is 12.1. The summed E-state index contributed by atoms with van der Waals surface area (Å²) in [4.78, 5) is 11.9. The van der Waals surface area contributed by atoms with E-state index in [0.717, 1.165) is 18.2 Å². The monoisotopic (exact) mass is 532 g/mol. The zero-order valence-electron chi connectivity index (χ0n) is 14.6. The minimum atomic E-state index is -5.18. The van der Waals surface area contributed by atoms with Gasteiger partial charge < -0.3 is 0 Å². The highest BCUT2D eigenvalue weighted by Crippen LogP contribution is 2.37. The number of benzene rings is 2. The van der Waals surface area contributed by atoms with Crippen LogP contribution in [0.2, 0.25) is 20.1 Å². The van der Waals surface area contributed by atoms with Crippen LogP contribution in [0.15, 0.2) is 41.3 Å². The molecule has 1 heterocycles. The highest BCUT2D eigenvalue weighted by Gasteiger charge is 2.43. The lowest BCUT2D eigenvalue weighted by Crippen LogP contribution is -2.33. The molecule has 0 aliphatic rings. The Hall–Kier alpha value is -2.05. The number of nitrogens with zero attached hydrogens (tertiary/aromatic N) is 3. The minimum Gasteiger partial charge on any atom is -0.266 e. The molecule has 1 amide bonds. The molecule has 2 aromatic carbocycles. The summed E-state index contributed by atoms with van der Waals surface area (Å²) in [5, 5.41) is 5.81. The predicted molar refractivity (Wildman–Crippen MR) is 107 cm³/mol. The molecule has 1 N–H and O–H groups in total. The van der Waals surface area contributed by atoms with Crippen LogP contribution in [0.4, 0.5) is 13.2 Å². The molecule has 0 bridgehead atoms. The summed E-state index contributed by atoms with van der Waals surface area (Å²) < 4.78 is 67.8. The highest BCUT2D eigenvalue weighted by atomic mass is 35.5. The van der Waals surface area contributed by atoms with Crippen LogP contribution in [0.5, 0.6) is 0 Å². The summed E-state index contributed by atoms with van der Waals surface area (Å²) in [5.41, 5.74) is -3.38. The van der Waals surface area contributed by atoms with Gasteiger partial charge in [0.2, 0.25) is 0 Å². The Morgan fingerprint density at radius 2 is 1.58 bits per heavy atom. The highest BCUT2D eigenvalue weighted by molar-refractivity contribution is 7.90. The van der Waals surface area contributed by atoms with Gasteiger partial charge in [0.1, 0.15) is 4.90 Å². The summed E-state index contributed by atoms with van der Waals surface area (Å²) in [6.07, 6.45) is -5.18. The van der Waals surface area contributed by atoms with E-state index < -0.39 is 38.4 Å². The molecule has 0 spiro atoms. The molecule has 0 radical (unpaired) electrons. The van der Waals surface area contributed by atoms with E-state index in [-0.39, 0.29) is 30.5 Å². The van der Waals surface area contributed by atoms with Crippen LogP contribution >= 0.6 is 46.4 Å². The van der Waals surface area contributed by atoms with E-state index in [0.29, 0.717) is 0 Å². The summed E-state index contributed by atoms with van der Waals surface area (Å²) in [6, 6.07) is 7.09. The number of amides is 1. The molecule has 0 unspecified atom stereocenters. The fraction of sp³-hybridized carbons (Fsp3) is 0.0625. The lowest BCUT2D eigenvalue weighted by Gasteiger charge is -2.13. The maximum absolute atomic E-state index is 13.8. The maximum atomic E-state index is 13.8. The van der Waals surface area contributed by atoms with E-state index in [2.05, 4.69) is 10.3 Å². The molecule has 164 valence electrons. The van der Waals surface area contributed by atoms with Crippen molar-refractivity contribution in [2.75, 3.05) is 0 Å². The lowest BCUT2D eigenvalue weighted by atomic mass is 10.2. The van der Waals surface area contributed by atoms with Crippen molar-refractivity contribution in [1.82, 2.24) is 19.7 Å². The Labute approximate surface area is 192 Å². The van der Waals surface area contributed by atoms with Crippen LogP contribution in [0.3, 0.4) is 0 Å². The number of carbonyl (C=O) groups is 1. The molecular formula is C16H7Cl4F3N4O3S. The summed E-state index contributed by atoms with van der Waals surface area (Å²) in [7, 11) is -4.62. The average Bonchev–Trinajstić information content (AvgIpc) is 3.10. The Kier molecular flexibility index (Phi) is 6.45. The van der Waals surface area contributed by atoms with Gasteiger partial charge in [0, 0.05) is 0 Å². The fourth-order valence-electron chi connectivity index (χ4n) is 2.42. The average molecular weight is 534 g/mol. The van der Waals surface area contributed by atoms with Gasteiger partial charge in [0.25, 0.3) is 15.9 Å². The molecule has 1 aromatic heterocycles. The molecule has 7 nitrogen and oxygen atoms in total. The number of nitrogens with one attached hydrogen (secondary N) is 1. The SMILES string of the molecule is O=C(NS(=O)(=O)c1ccccc1Cl)c1nnn(-c2cc(Cl)c(Cl)cc2Cl)c1C(F)(F)F. The first-order valence-electron chi connectivity index (χ1n) is 7.82. The van der Waals surface area contributed by atoms with Crippen molar-refractivity contribution in [3.8, 4) is 5.69 Å². The summed E-state index contributed by atoms with van der Waals surface area (Å²) >= 11 is 23.3. The van der Waals surface area contributed by atoms with E-state index in [1.54, 1.807) is 0 Å². The first kappa shape index (κ1) is 23.6. The minimum absolute atomic E-state index is 0.0344. The molecule has 0 atom stereocenters. The van der Waals surface area contributed by atoms with Gasteiger partial charge in [-0.25, -0.2) is 17.8 Å². The van der Waals surface area contributed by atoms with Gasteiger partial charge in [-0.1, -0.05) is 63.7 Å². The second kappa shape index (κ2) is 8.47. The van der Waals surface area contributed by atoms with E-state index in [9.17, 15) is 26.4 Å². The Morgan fingerprint density at radius 1 is 0.968 bits per heavy atom. The van der Waals surface area contributed by atoms with Gasteiger partial charge in [-0.15, -0.1) is 5.10 Å². The first-order chi connectivity index (χ1) is 14.3. The number of hydrogen-bond acceptors (Lipinski definition) is 5. The van der Waals surface area contributed by atoms with Crippen molar-refractivity contribution < 1.29 is 26.4 Å². The summed E-state index contributed by atoms with van der Waals surface area (Å²) in [6.45, 7) is 0. The molecule has 0 aliphatic heterocycles. The molecule has 3 rings (SSSR count). The second-order valence-corrected chi connectivity index (χ2v) is 9.06. The third-order valence-electron chi connectivity index (χ3n) is 3.73. The molecule has 0 saturated heterocycles. The van der Waals surface area contributed by atoms with Gasteiger partial charge in [-0.05, 0) is 24.3 Å². The number of alkyl halides is 3. The van der Waals surface area contributed by atoms with Crippen LogP contribution in [-0.4, -0.2) is 29.3 Å². The van der Waals surface area contributed by atoms with Crippen LogP contribution in [0, 0.1) is 0 Å². The van der Waals surface area contributed by atoms with Gasteiger partial charge in [-0.3, -0.25) is 4.79 Å². The predicted octanol–water partition coefficient (Wildman–Crippen LogP) is 5.02. The standard InChI is InChI=1S/C16H7Cl4F3N4O3S/c17-7-3-1-2-4-12(7)31(29,30)25-15(28)13-14(16(21,22)23)27(26-24-13)11-6-9(19)8(18)5-10(11)20/h1-6H,(H,25,28). The molecule has 3 aromatic rings. The third kappa shape index (κ3) is 4.75. The smallest absolute Gasteiger partial charge is 0.266 e. The number of hydrogen-bond donors (Lipinski definition) is 1. The zero-order valence-corrected chi connectivity index (χ0v) is 18.4. The van der Waals surface area contributed by atoms with Crippen molar-refractivity contribution in [2.24, 2.45) is 0 Å². The van der Waals surface area contributed by atoms with Crippen LogP contribution < -0.4 is 4.72 Å². The number of carbonyl (C=O) groups excluding carboxylic acids is 1. The van der Waals surface area contributed by atoms with Crippen molar-refractivity contribution in [2.45, 2.75) is 11.1 Å². The van der Waals surface area contributed by atoms with E-state index in [1.807, 2.05) is 0 Å². The second-order valence-electron chi connectivity index (χ2n) is 5.78. The largest absolute Gasteiger partial charge is 0.435 e. The Bertz CT molecular complexity index is 1300. The zero-order chi connectivity index (χ0) is 23.1. The molecule has 31 heavy (non-hydrogen) atoms. The Morgan fingerprint density at radius 3 is 2.19 bits per heavy atom. The van der Waals surface area contributed by atoms with Crippen LogP contribution in [0.1, 0.15) is 16.2 Å². The number of aromatic nitrogens is 3. The van der Waals surface area contributed by atoms with Crippen LogP contribution in [-0.2, 0) is 16.2 Å². The van der Waals surface area contributed by atoms with Crippen LogP contribution in [0.25, 0.3) is 5.69 Å². The summed E-state index contributed by atoms with van der Waals surface area (Å²) in [5.74, 6) is -1.69. The lowest BCUT2D eigenvalue weighted by molar-refractivity contribution is -0.143. The third-order valence-corrected chi connectivity index (χ3v) is 6.58. The van der Waals surface area contributed by atoms with E-state index >= 15 is 0 Å². The first-order valence-corrected chi connectivity index (χ1v) is 10.8. The van der Waals surface area contributed by atoms with Gasteiger partial charge in [0.05, 0.1) is 25.8 Å². The maximum Gasteiger partial charge on any atom is 0.435 e. The molecular weight excluding hydrogens is 527 g/mol. The van der Waals surface area contributed by atoms with Crippen molar-refractivity contribution in [1.29, 1.82) is 0 Å². The van der Waals surface area contributed by atoms with Gasteiger partial charge in [-0.2, -0.15) is 13.2 Å².